The highest BCUT2D eigenvalue weighted by Crippen LogP contribution is 2.44. The van der Waals surface area contributed by atoms with E-state index in [0.29, 0.717) is 12.8 Å². The summed E-state index contributed by atoms with van der Waals surface area (Å²) in [6.45, 7) is 1.90. The van der Waals surface area contributed by atoms with E-state index in [2.05, 4.69) is 34.9 Å². The summed E-state index contributed by atoms with van der Waals surface area (Å²) in [5.74, 6) is -1.74. The Bertz CT molecular complexity index is 1140. The van der Waals surface area contributed by atoms with E-state index in [1.54, 1.807) is 13.0 Å². The van der Waals surface area contributed by atoms with Crippen molar-refractivity contribution in [3.05, 3.63) is 71.8 Å². The van der Waals surface area contributed by atoms with Crippen LogP contribution in [0.4, 0.5) is 4.79 Å². The fourth-order valence-corrected chi connectivity index (χ4v) is 5.37. The fourth-order valence-electron chi connectivity index (χ4n) is 5.37. The van der Waals surface area contributed by atoms with E-state index >= 15 is 0 Å². The van der Waals surface area contributed by atoms with Crippen LogP contribution in [-0.4, -0.2) is 41.3 Å². The molecule has 7 heteroatoms. The Labute approximate surface area is 204 Å². The number of carboxylic acids is 1. The molecule has 3 N–H and O–H groups in total. The van der Waals surface area contributed by atoms with Crippen molar-refractivity contribution in [2.45, 2.75) is 50.1 Å². The lowest BCUT2D eigenvalue weighted by atomic mass is 9.89. The van der Waals surface area contributed by atoms with Gasteiger partial charge in [-0.25, -0.2) is 4.79 Å². The van der Waals surface area contributed by atoms with E-state index in [9.17, 15) is 19.5 Å². The lowest BCUT2D eigenvalue weighted by Gasteiger charge is -2.32. The molecule has 182 valence electrons. The Kier molecular flexibility index (Phi) is 6.09. The number of aliphatic carboxylic acids is 1. The van der Waals surface area contributed by atoms with Crippen LogP contribution in [0, 0.1) is 11.8 Å². The highest BCUT2D eigenvalue weighted by molar-refractivity contribution is 5.91. The van der Waals surface area contributed by atoms with Crippen molar-refractivity contribution in [3.63, 3.8) is 0 Å². The minimum Gasteiger partial charge on any atom is -0.481 e. The third-order valence-electron chi connectivity index (χ3n) is 7.56. The number of nitrogens with one attached hydrogen (secondary N) is 2. The van der Waals surface area contributed by atoms with Crippen LogP contribution in [0.3, 0.4) is 0 Å². The fraction of sp³-hybridized carbons (Fsp3) is 0.393. The summed E-state index contributed by atoms with van der Waals surface area (Å²) < 4.78 is 5.68. The predicted octanol–water partition coefficient (Wildman–Crippen LogP) is 4.23. The van der Waals surface area contributed by atoms with Gasteiger partial charge in [-0.05, 0) is 60.8 Å². The number of alkyl carbamates (subject to hydrolysis) is 1. The lowest BCUT2D eigenvalue weighted by molar-refractivity contribution is -0.142. The monoisotopic (exact) mass is 474 g/mol. The van der Waals surface area contributed by atoms with Crippen LogP contribution < -0.4 is 10.6 Å². The summed E-state index contributed by atoms with van der Waals surface area (Å²) in [5.41, 5.74) is 3.44. The molecular weight excluding hydrogens is 444 g/mol. The maximum Gasteiger partial charge on any atom is 0.408 e. The van der Waals surface area contributed by atoms with Crippen LogP contribution in [0.5, 0.6) is 0 Å². The molecule has 0 spiro atoms. The molecule has 0 radical (unpaired) electrons. The Morgan fingerprint density at radius 2 is 1.66 bits per heavy atom. The van der Waals surface area contributed by atoms with Gasteiger partial charge in [-0.15, -0.1) is 0 Å². The van der Waals surface area contributed by atoms with Crippen molar-refractivity contribution in [2.24, 2.45) is 11.8 Å². The molecule has 1 saturated carbocycles. The molecule has 3 atom stereocenters. The quantitative estimate of drug-likeness (QED) is 0.521. The largest absolute Gasteiger partial charge is 0.481 e. The standard InChI is InChI=1S/C28H30N2O5/c1-28(18-13-14-18,26(33)29-19-8-6-7-17(15-19)25(31)32)30-27(34)35-16-24-22-11-4-2-9-20(22)21-10-3-5-12-23(21)24/h2-6,8-12,17-19,24H,7,13-16H2,1H3,(H,29,33)(H,30,34)(H,31,32). The molecular formula is C28H30N2O5. The first kappa shape index (κ1) is 23.1. The van der Waals surface area contributed by atoms with Gasteiger partial charge in [0, 0.05) is 12.0 Å². The number of rotatable bonds is 7. The van der Waals surface area contributed by atoms with Crippen molar-refractivity contribution in [3.8, 4) is 11.1 Å². The van der Waals surface area contributed by atoms with Crippen molar-refractivity contribution in [1.29, 1.82) is 0 Å². The number of hydrogen-bond acceptors (Lipinski definition) is 4. The van der Waals surface area contributed by atoms with Gasteiger partial charge in [0.1, 0.15) is 12.1 Å². The van der Waals surface area contributed by atoms with E-state index < -0.39 is 23.5 Å². The Morgan fingerprint density at radius 3 is 2.26 bits per heavy atom. The average molecular weight is 475 g/mol. The van der Waals surface area contributed by atoms with E-state index in [-0.39, 0.29) is 30.4 Å². The number of amides is 2. The number of carbonyl (C=O) groups excluding carboxylic acids is 2. The van der Waals surface area contributed by atoms with E-state index in [1.165, 1.54) is 0 Å². The minimum absolute atomic E-state index is 0.0193. The molecule has 2 amide bonds. The normalized spacial score (nSPS) is 22.4. The first-order valence-corrected chi connectivity index (χ1v) is 12.2. The zero-order valence-electron chi connectivity index (χ0n) is 19.7. The second-order valence-corrected chi connectivity index (χ2v) is 9.94. The number of fused-ring (bicyclic) bond motifs is 3. The molecule has 3 unspecified atom stereocenters. The Hall–Kier alpha value is -3.61. The van der Waals surface area contributed by atoms with Crippen molar-refractivity contribution < 1.29 is 24.2 Å². The molecule has 0 aliphatic heterocycles. The SMILES string of the molecule is CC(NC(=O)OCC1c2ccccc2-c2ccccc21)(C(=O)NC1C=CCC(C(=O)O)C1)C1CC1. The van der Waals surface area contributed by atoms with E-state index in [0.717, 1.165) is 35.1 Å². The third kappa shape index (κ3) is 4.55. The van der Waals surface area contributed by atoms with Gasteiger partial charge in [-0.1, -0.05) is 60.7 Å². The first-order chi connectivity index (χ1) is 16.9. The number of carboxylic acid groups (broad SMARTS) is 1. The number of carbonyl (C=O) groups is 3. The zero-order chi connectivity index (χ0) is 24.6. The topological polar surface area (TPSA) is 105 Å². The van der Waals surface area contributed by atoms with E-state index in [4.69, 9.17) is 4.74 Å². The molecule has 3 aliphatic rings. The van der Waals surface area contributed by atoms with Crippen LogP contribution in [-0.2, 0) is 14.3 Å². The summed E-state index contributed by atoms with van der Waals surface area (Å²) >= 11 is 0. The van der Waals surface area contributed by atoms with Crippen LogP contribution in [0.1, 0.15) is 49.7 Å². The molecule has 2 aromatic carbocycles. The summed E-state index contributed by atoms with van der Waals surface area (Å²) in [5, 5.41) is 15.1. The van der Waals surface area contributed by atoms with Crippen molar-refractivity contribution >= 4 is 18.0 Å². The van der Waals surface area contributed by atoms with Crippen LogP contribution in [0.25, 0.3) is 11.1 Å². The summed E-state index contributed by atoms with van der Waals surface area (Å²) in [6, 6.07) is 15.9. The smallest absolute Gasteiger partial charge is 0.408 e. The molecule has 35 heavy (non-hydrogen) atoms. The van der Waals surface area contributed by atoms with Gasteiger partial charge in [-0.2, -0.15) is 0 Å². The zero-order valence-corrected chi connectivity index (χ0v) is 19.7. The van der Waals surface area contributed by atoms with Gasteiger partial charge >= 0.3 is 12.1 Å². The molecule has 2 aromatic rings. The lowest BCUT2D eigenvalue weighted by Crippen LogP contribution is -2.60. The van der Waals surface area contributed by atoms with Gasteiger partial charge in [0.15, 0.2) is 0 Å². The summed E-state index contributed by atoms with van der Waals surface area (Å²) in [6.07, 6.45) is 5.47. The molecule has 0 bridgehead atoms. The molecule has 0 heterocycles. The highest BCUT2D eigenvalue weighted by atomic mass is 16.5. The third-order valence-corrected chi connectivity index (χ3v) is 7.56. The number of ether oxygens (including phenoxy) is 1. The average Bonchev–Trinajstić information content (AvgIpc) is 3.67. The van der Waals surface area contributed by atoms with Crippen molar-refractivity contribution in [2.75, 3.05) is 6.61 Å². The van der Waals surface area contributed by atoms with Crippen molar-refractivity contribution in [1.82, 2.24) is 10.6 Å². The Balaban J connectivity index is 1.24. The summed E-state index contributed by atoms with van der Waals surface area (Å²) in [7, 11) is 0. The molecule has 0 saturated heterocycles. The number of allylic oxidation sites excluding steroid dienone is 1. The first-order valence-electron chi connectivity index (χ1n) is 12.2. The maximum absolute atomic E-state index is 13.3. The second kappa shape index (κ2) is 9.21. The second-order valence-electron chi connectivity index (χ2n) is 9.94. The maximum atomic E-state index is 13.3. The Morgan fingerprint density at radius 1 is 1.03 bits per heavy atom. The molecule has 1 fully saturated rings. The minimum atomic E-state index is -1.12. The van der Waals surface area contributed by atoms with Gasteiger partial charge < -0.3 is 20.5 Å². The molecule has 7 nitrogen and oxygen atoms in total. The molecule has 3 aliphatic carbocycles. The summed E-state index contributed by atoms with van der Waals surface area (Å²) in [4.78, 5) is 37.5. The predicted molar refractivity (Wildman–Crippen MR) is 131 cm³/mol. The number of hydrogen-bond donors (Lipinski definition) is 3. The van der Waals surface area contributed by atoms with Gasteiger partial charge in [0.2, 0.25) is 5.91 Å². The van der Waals surface area contributed by atoms with Gasteiger partial charge in [-0.3, -0.25) is 9.59 Å². The number of benzene rings is 2. The van der Waals surface area contributed by atoms with Crippen LogP contribution >= 0.6 is 0 Å². The van der Waals surface area contributed by atoms with E-state index in [1.807, 2.05) is 30.3 Å². The van der Waals surface area contributed by atoms with Gasteiger partial charge in [0.05, 0.1) is 5.92 Å². The highest BCUT2D eigenvalue weighted by Gasteiger charge is 2.49. The molecule has 5 rings (SSSR count). The van der Waals surface area contributed by atoms with Crippen LogP contribution in [0.15, 0.2) is 60.7 Å². The van der Waals surface area contributed by atoms with Gasteiger partial charge in [0.25, 0.3) is 0 Å². The van der Waals surface area contributed by atoms with Crippen LogP contribution in [0.2, 0.25) is 0 Å². The molecule has 0 aromatic heterocycles.